The largest absolute Gasteiger partial charge is 0.468 e. The molecule has 0 N–H and O–H groups in total. The number of methoxy groups -OCH3 is 1. The molecule has 1 saturated heterocycles. The van der Waals surface area contributed by atoms with Crippen LogP contribution in [-0.2, 0) is 9.53 Å². The minimum Gasteiger partial charge on any atom is -0.468 e. The minimum absolute atomic E-state index is 0.112. The summed E-state index contributed by atoms with van der Waals surface area (Å²) in [4.78, 5) is 15.7. The molecule has 6 heteroatoms. The lowest BCUT2D eigenvalue weighted by molar-refractivity contribution is -0.145. The highest BCUT2D eigenvalue weighted by Crippen LogP contribution is 2.19. The molecule has 72 valence electrons. The van der Waals surface area contributed by atoms with E-state index in [0.717, 1.165) is 0 Å². The second kappa shape index (κ2) is 4.11. The van der Waals surface area contributed by atoms with E-state index in [1.54, 1.807) is 0 Å². The molecule has 1 aliphatic heterocycles. The van der Waals surface area contributed by atoms with Crippen molar-refractivity contribution in [1.29, 1.82) is 0 Å². The maximum absolute atomic E-state index is 11.2. The number of likely N-dealkylation sites (tertiary alicyclic amines) is 1. The van der Waals surface area contributed by atoms with Gasteiger partial charge >= 0.3 is 5.97 Å². The fraction of sp³-hybridized carbons (Fsp3) is 0.857. The minimum atomic E-state index is -0.266. The van der Waals surface area contributed by atoms with Gasteiger partial charge in [0.05, 0.1) is 13.2 Å². The van der Waals surface area contributed by atoms with Crippen molar-refractivity contribution in [2.45, 2.75) is 18.5 Å². The molecule has 0 aliphatic carbocycles. The van der Waals surface area contributed by atoms with Crippen LogP contribution in [0.3, 0.4) is 0 Å². The highest BCUT2D eigenvalue weighted by Gasteiger charge is 2.34. The second-order valence-corrected chi connectivity index (χ2v) is 3.07. The van der Waals surface area contributed by atoms with Crippen LogP contribution in [-0.4, -0.2) is 43.7 Å². The standard InChI is InChI=1S/C7H12N4O2/c1-11-4-5(9-10-8)3-6(11)7(12)13-2/h5-6H,3-4H2,1-2H3/t5?,6-/m0/s1. The zero-order chi connectivity index (χ0) is 9.84. The monoisotopic (exact) mass is 184 g/mol. The maximum atomic E-state index is 11.2. The van der Waals surface area contributed by atoms with Gasteiger partial charge in [-0.2, -0.15) is 0 Å². The highest BCUT2D eigenvalue weighted by molar-refractivity contribution is 5.76. The third-order valence-corrected chi connectivity index (χ3v) is 2.21. The Morgan fingerprint density at radius 2 is 2.46 bits per heavy atom. The average molecular weight is 184 g/mol. The molecule has 1 aliphatic rings. The molecule has 0 bridgehead atoms. The van der Waals surface area contributed by atoms with Crippen molar-refractivity contribution in [1.82, 2.24) is 4.90 Å². The Morgan fingerprint density at radius 1 is 1.77 bits per heavy atom. The van der Waals surface area contributed by atoms with Crippen LogP contribution in [0.4, 0.5) is 0 Å². The van der Waals surface area contributed by atoms with Crippen molar-refractivity contribution in [2.24, 2.45) is 5.11 Å². The van der Waals surface area contributed by atoms with E-state index in [1.165, 1.54) is 7.11 Å². The van der Waals surface area contributed by atoms with Crippen molar-refractivity contribution >= 4 is 5.97 Å². The van der Waals surface area contributed by atoms with Crippen molar-refractivity contribution in [2.75, 3.05) is 20.7 Å². The van der Waals surface area contributed by atoms with Gasteiger partial charge in [-0.3, -0.25) is 9.69 Å². The molecule has 1 unspecified atom stereocenters. The van der Waals surface area contributed by atoms with Gasteiger partial charge in [-0.1, -0.05) is 5.11 Å². The number of carbonyl (C=O) groups excluding carboxylic acids is 1. The third-order valence-electron chi connectivity index (χ3n) is 2.21. The number of likely N-dealkylation sites (N-methyl/N-ethyl adjacent to an activating group) is 1. The lowest BCUT2D eigenvalue weighted by atomic mass is 10.2. The van der Waals surface area contributed by atoms with Crippen LogP contribution in [0.25, 0.3) is 10.4 Å². The average Bonchev–Trinajstić information content (AvgIpc) is 2.46. The zero-order valence-electron chi connectivity index (χ0n) is 7.67. The van der Waals surface area contributed by atoms with Gasteiger partial charge in [0.2, 0.25) is 0 Å². The summed E-state index contributed by atoms with van der Waals surface area (Å²) in [6.07, 6.45) is 0.549. The molecule has 13 heavy (non-hydrogen) atoms. The second-order valence-electron chi connectivity index (χ2n) is 3.07. The Labute approximate surface area is 76.1 Å². The van der Waals surface area contributed by atoms with Crippen molar-refractivity contribution in [3.63, 3.8) is 0 Å². The summed E-state index contributed by atoms with van der Waals surface area (Å²) >= 11 is 0. The van der Waals surface area contributed by atoms with E-state index in [1.807, 2.05) is 11.9 Å². The first-order valence-electron chi connectivity index (χ1n) is 4.01. The summed E-state index contributed by atoms with van der Waals surface area (Å²) in [5, 5.41) is 3.57. The predicted octanol–water partition coefficient (Wildman–Crippen LogP) is 0.542. The number of hydrogen-bond acceptors (Lipinski definition) is 4. The fourth-order valence-corrected chi connectivity index (χ4v) is 1.54. The van der Waals surface area contributed by atoms with Gasteiger partial charge in [0.15, 0.2) is 0 Å². The van der Waals surface area contributed by atoms with Gasteiger partial charge in [0.1, 0.15) is 6.04 Å². The molecule has 2 atom stereocenters. The normalized spacial score (nSPS) is 28.2. The van der Waals surface area contributed by atoms with E-state index < -0.39 is 0 Å². The van der Waals surface area contributed by atoms with Crippen LogP contribution in [0, 0.1) is 0 Å². The van der Waals surface area contributed by atoms with Crippen LogP contribution in [0.15, 0.2) is 5.11 Å². The molecule has 0 aromatic heterocycles. The summed E-state index contributed by atoms with van der Waals surface area (Å²) in [6, 6.07) is -0.375. The van der Waals surface area contributed by atoms with Gasteiger partial charge in [-0.15, -0.1) is 0 Å². The van der Waals surface area contributed by atoms with E-state index >= 15 is 0 Å². The lowest BCUT2D eigenvalue weighted by Crippen LogP contribution is -2.33. The van der Waals surface area contributed by atoms with E-state index in [0.29, 0.717) is 13.0 Å². The molecule has 0 spiro atoms. The zero-order valence-corrected chi connectivity index (χ0v) is 7.67. The van der Waals surface area contributed by atoms with E-state index in [2.05, 4.69) is 14.8 Å². The summed E-state index contributed by atoms with van der Waals surface area (Å²) in [6.45, 7) is 0.615. The van der Waals surface area contributed by atoms with Crippen molar-refractivity contribution in [3.8, 4) is 0 Å². The molecule has 6 nitrogen and oxygen atoms in total. The number of carbonyl (C=O) groups is 1. The van der Waals surface area contributed by atoms with E-state index in [9.17, 15) is 4.79 Å². The van der Waals surface area contributed by atoms with E-state index in [-0.39, 0.29) is 18.1 Å². The summed E-state index contributed by atoms with van der Waals surface area (Å²) in [5.74, 6) is -0.266. The van der Waals surface area contributed by atoms with Crippen LogP contribution >= 0.6 is 0 Å². The van der Waals surface area contributed by atoms with Crippen LogP contribution < -0.4 is 0 Å². The highest BCUT2D eigenvalue weighted by atomic mass is 16.5. The predicted molar refractivity (Wildman–Crippen MR) is 46.0 cm³/mol. The summed E-state index contributed by atoms with van der Waals surface area (Å²) < 4.78 is 4.62. The van der Waals surface area contributed by atoms with Gasteiger partial charge in [0.25, 0.3) is 0 Å². The number of nitrogens with zero attached hydrogens (tertiary/aromatic N) is 4. The number of esters is 1. The molecular formula is C7H12N4O2. The SMILES string of the molecule is COC(=O)[C@@H]1CC(N=[N+]=[N-])CN1C. The molecular weight excluding hydrogens is 172 g/mol. The Morgan fingerprint density at radius 3 is 3.00 bits per heavy atom. The smallest absolute Gasteiger partial charge is 0.323 e. The van der Waals surface area contributed by atoms with Crippen LogP contribution in [0.2, 0.25) is 0 Å². The molecule has 1 heterocycles. The van der Waals surface area contributed by atoms with Crippen LogP contribution in [0.5, 0.6) is 0 Å². The number of ether oxygens (including phenoxy) is 1. The Bertz CT molecular complexity index is 249. The number of azide groups is 1. The van der Waals surface area contributed by atoms with Crippen molar-refractivity contribution in [3.05, 3.63) is 10.4 Å². The molecule has 0 radical (unpaired) electrons. The molecule has 0 amide bonds. The Kier molecular flexibility index (Phi) is 3.11. The maximum Gasteiger partial charge on any atom is 0.323 e. The Hall–Kier alpha value is -1.26. The Balaban J connectivity index is 2.60. The van der Waals surface area contributed by atoms with Gasteiger partial charge in [-0.05, 0) is 19.0 Å². The third kappa shape index (κ3) is 2.11. The summed E-state index contributed by atoms with van der Waals surface area (Å²) in [5.41, 5.74) is 8.22. The molecule has 0 saturated carbocycles. The summed E-state index contributed by atoms with van der Waals surface area (Å²) in [7, 11) is 3.17. The topological polar surface area (TPSA) is 78.3 Å². The molecule has 1 rings (SSSR count). The van der Waals surface area contributed by atoms with Gasteiger partial charge in [0, 0.05) is 11.5 Å². The first-order chi connectivity index (χ1) is 6.19. The number of hydrogen-bond donors (Lipinski definition) is 0. The first-order valence-corrected chi connectivity index (χ1v) is 4.01. The van der Waals surface area contributed by atoms with E-state index in [4.69, 9.17) is 5.53 Å². The number of rotatable bonds is 2. The lowest BCUT2D eigenvalue weighted by Gasteiger charge is -2.15. The van der Waals surface area contributed by atoms with Gasteiger partial charge in [-0.25, -0.2) is 0 Å². The van der Waals surface area contributed by atoms with Gasteiger partial charge < -0.3 is 4.74 Å². The molecule has 0 aromatic rings. The quantitative estimate of drug-likeness (QED) is 0.272. The first kappa shape index (κ1) is 9.83. The molecule has 1 fully saturated rings. The van der Waals surface area contributed by atoms with Crippen LogP contribution in [0.1, 0.15) is 6.42 Å². The van der Waals surface area contributed by atoms with Crippen molar-refractivity contribution < 1.29 is 9.53 Å². The fourth-order valence-electron chi connectivity index (χ4n) is 1.54. The molecule has 0 aromatic carbocycles.